The quantitative estimate of drug-likeness (QED) is 0.723. The van der Waals surface area contributed by atoms with Crippen LogP contribution in [0.15, 0.2) is 6.20 Å². The lowest BCUT2D eigenvalue weighted by Crippen LogP contribution is -2.01. The molecule has 4 heteroatoms. The summed E-state index contributed by atoms with van der Waals surface area (Å²) in [4.78, 5) is 0. The Morgan fingerprint density at radius 2 is 2.42 bits per heavy atom. The predicted molar refractivity (Wildman–Crippen MR) is 54.4 cm³/mol. The summed E-state index contributed by atoms with van der Waals surface area (Å²) in [7, 11) is 0. The molecule has 68 valence electrons. The molecule has 0 aliphatic carbocycles. The first-order valence-electron chi connectivity index (χ1n) is 4.11. The van der Waals surface area contributed by atoms with Crippen molar-refractivity contribution in [1.29, 1.82) is 0 Å². The lowest BCUT2D eigenvalue weighted by Gasteiger charge is -1.98. The van der Waals surface area contributed by atoms with Crippen molar-refractivity contribution in [2.75, 3.05) is 17.2 Å². The highest BCUT2D eigenvalue weighted by Crippen LogP contribution is 2.07. The molecule has 2 N–H and O–H groups in total. The maximum absolute atomic E-state index is 5.65. The fraction of sp³-hybridized carbons (Fsp3) is 0.625. The van der Waals surface area contributed by atoms with Crippen LogP contribution >= 0.6 is 11.8 Å². The van der Waals surface area contributed by atoms with Crippen LogP contribution in [-0.4, -0.2) is 21.3 Å². The monoisotopic (exact) mass is 185 g/mol. The van der Waals surface area contributed by atoms with Gasteiger partial charge in [-0.15, -0.1) is 0 Å². The van der Waals surface area contributed by atoms with Gasteiger partial charge in [0.05, 0.1) is 17.9 Å². The second-order valence-electron chi connectivity index (χ2n) is 2.63. The molecule has 3 nitrogen and oxygen atoms in total. The van der Waals surface area contributed by atoms with Crippen LogP contribution < -0.4 is 5.73 Å². The van der Waals surface area contributed by atoms with Crippen LogP contribution in [0.4, 0.5) is 5.69 Å². The standard InChI is InChI=1S/C8H15N3S/c1-3-12-5-4-11-6-8(9)7(2)10-11/h6H,3-5,9H2,1-2H3. The van der Waals surface area contributed by atoms with E-state index in [4.69, 9.17) is 5.73 Å². The normalized spacial score (nSPS) is 10.5. The Kier molecular flexibility index (Phi) is 3.47. The minimum absolute atomic E-state index is 0.788. The number of nitrogens with two attached hydrogens (primary N) is 1. The van der Waals surface area contributed by atoms with Crippen molar-refractivity contribution in [2.45, 2.75) is 20.4 Å². The SMILES string of the molecule is CCSCCn1cc(N)c(C)n1. The number of aryl methyl sites for hydroxylation is 2. The van der Waals surface area contributed by atoms with E-state index in [0.29, 0.717) is 0 Å². The van der Waals surface area contributed by atoms with Crippen LogP contribution in [0.2, 0.25) is 0 Å². The molecule has 0 atom stereocenters. The number of thioether (sulfide) groups is 1. The van der Waals surface area contributed by atoms with Crippen LogP contribution in [0, 0.1) is 6.92 Å². The lowest BCUT2D eigenvalue weighted by atomic mass is 10.4. The van der Waals surface area contributed by atoms with Gasteiger partial charge < -0.3 is 5.73 Å². The Hall–Kier alpha value is -0.640. The second-order valence-corrected chi connectivity index (χ2v) is 4.02. The number of nitrogen functional groups attached to an aromatic ring is 1. The number of nitrogens with zero attached hydrogens (tertiary/aromatic N) is 2. The molecule has 0 amide bonds. The van der Waals surface area contributed by atoms with E-state index in [9.17, 15) is 0 Å². The molecule has 0 aromatic carbocycles. The van der Waals surface area contributed by atoms with E-state index < -0.39 is 0 Å². The van der Waals surface area contributed by atoms with Crippen molar-refractivity contribution in [3.8, 4) is 0 Å². The number of aromatic nitrogens is 2. The molecule has 0 aliphatic heterocycles. The van der Waals surface area contributed by atoms with Gasteiger partial charge in [-0.2, -0.15) is 16.9 Å². The average molecular weight is 185 g/mol. The highest BCUT2D eigenvalue weighted by Gasteiger charge is 1.99. The van der Waals surface area contributed by atoms with E-state index in [1.807, 2.05) is 29.6 Å². The van der Waals surface area contributed by atoms with E-state index in [-0.39, 0.29) is 0 Å². The van der Waals surface area contributed by atoms with E-state index in [1.165, 1.54) is 0 Å². The predicted octanol–water partition coefficient (Wildman–Crippen LogP) is 1.53. The zero-order valence-corrected chi connectivity index (χ0v) is 8.40. The zero-order chi connectivity index (χ0) is 8.97. The minimum Gasteiger partial charge on any atom is -0.396 e. The molecule has 0 spiro atoms. The third-order valence-corrected chi connectivity index (χ3v) is 2.53. The van der Waals surface area contributed by atoms with Gasteiger partial charge in [0, 0.05) is 11.9 Å². The van der Waals surface area contributed by atoms with E-state index >= 15 is 0 Å². The molecule has 0 radical (unpaired) electrons. The van der Waals surface area contributed by atoms with Crippen molar-refractivity contribution in [2.24, 2.45) is 0 Å². The van der Waals surface area contributed by atoms with E-state index in [1.54, 1.807) is 0 Å². The van der Waals surface area contributed by atoms with Crippen LogP contribution in [0.25, 0.3) is 0 Å². The number of rotatable bonds is 4. The first-order valence-corrected chi connectivity index (χ1v) is 5.26. The van der Waals surface area contributed by atoms with Crippen LogP contribution in [0.5, 0.6) is 0 Å². The average Bonchev–Trinajstić information content (AvgIpc) is 2.32. The molecule has 0 bridgehead atoms. The summed E-state index contributed by atoms with van der Waals surface area (Å²) in [5, 5.41) is 4.26. The van der Waals surface area contributed by atoms with Crippen molar-refractivity contribution < 1.29 is 0 Å². The molecule has 0 fully saturated rings. The number of hydrogen-bond acceptors (Lipinski definition) is 3. The van der Waals surface area contributed by atoms with Crippen molar-refractivity contribution in [3.05, 3.63) is 11.9 Å². The Labute approximate surface area is 77.3 Å². The zero-order valence-electron chi connectivity index (χ0n) is 7.58. The Morgan fingerprint density at radius 1 is 1.67 bits per heavy atom. The van der Waals surface area contributed by atoms with E-state index in [0.717, 1.165) is 29.4 Å². The fourth-order valence-corrected chi connectivity index (χ4v) is 1.56. The van der Waals surface area contributed by atoms with Crippen molar-refractivity contribution in [3.63, 3.8) is 0 Å². The molecule has 0 saturated heterocycles. The second kappa shape index (κ2) is 4.40. The molecular weight excluding hydrogens is 170 g/mol. The summed E-state index contributed by atoms with van der Waals surface area (Å²) >= 11 is 1.92. The van der Waals surface area contributed by atoms with Gasteiger partial charge in [-0.3, -0.25) is 4.68 Å². The molecule has 12 heavy (non-hydrogen) atoms. The molecular formula is C8H15N3S. The summed E-state index contributed by atoms with van der Waals surface area (Å²) in [6, 6.07) is 0. The Balaban J connectivity index is 2.42. The molecule has 1 heterocycles. The summed E-state index contributed by atoms with van der Waals surface area (Å²) in [6.07, 6.45) is 1.89. The summed E-state index contributed by atoms with van der Waals surface area (Å²) in [5.74, 6) is 2.27. The Bertz CT molecular complexity index is 225. The van der Waals surface area contributed by atoms with Gasteiger partial charge in [0.1, 0.15) is 0 Å². The van der Waals surface area contributed by atoms with Gasteiger partial charge in [-0.05, 0) is 12.7 Å². The molecule has 0 aliphatic rings. The third kappa shape index (κ3) is 2.44. The van der Waals surface area contributed by atoms with Crippen LogP contribution in [0.3, 0.4) is 0 Å². The van der Waals surface area contributed by atoms with Gasteiger partial charge in [-0.25, -0.2) is 0 Å². The molecule has 0 unspecified atom stereocenters. The van der Waals surface area contributed by atoms with Gasteiger partial charge in [0.15, 0.2) is 0 Å². The van der Waals surface area contributed by atoms with E-state index in [2.05, 4.69) is 12.0 Å². The smallest absolute Gasteiger partial charge is 0.0822 e. The maximum atomic E-state index is 5.65. The topological polar surface area (TPSA) is 43.8 Å². The number of anilines is 1. The van der Waals surface area contributed by atoms with Gasteiger partial charge in [-0.1, -0.05) is 6.92 Å². The van der Waals surface area contributed by atoms with Crippen LogP contribution in [0.1, 0.15) is 12.6 Å². The molecule has 1 rings (SSSR count). The summed E-state index contributed by atoms with van der Waals surface area (Å²) in [5.41, 5.74) is 7.37. The molecule has 1 aromatic rings. The summed E-state index contributed by atoms with van der Waals surface area (Å²) < 4.78 is 1.91. The highest BCUT2D eigenvalue weighted by atomic mass is 32.2. The van der Waals surface area contributed by atoms with Crippen molar-refractivity contribution >= 4 is 17.4 Å². The van der Waals surface area contributed by atoms with Crippen molar-refractivity contribution in [1.82, 2.24) is 9.78 Å². The van der Waals surface area contributed by atoms with Gasteiger partial charge >= 0.3 is 0 Å². The highest BCUT2D eigenvalue weighted by molar-refractivity contribution is 7.99. The molecule has 1 aromatic heterocycles. The minimum atomic E-state index is 0.788. The maximum Gasteiger partial charge on any atom is 0.0822 e. The summed E-state index contributed by atoms with van der Waals surface area (Å²) in [6.45, 7) is 5.04. The first kappa shape index (κ1) is 9.45. The lowest BCUT2D eigenvalue weighted by molar-refractivity contribution is 0.660. The van der Waals surface area contributed by atoms with Gasteiger partial charge in [0.2, 0.25) is 0 Å². The van der Waals surface area contributed by atoms with Crippen LogP contribution in [-0.2, 0) is 6.54 Å². The first-order chi connectivity index (χ1) is 5.74. The third-order valence-electron chi connectivity index (χ3n) is 1.65. The van der Waals surface area contributed by atoms with Gasteiger partial charge in [0.25, 0.3) is 0 Å². The number of hydrogen-bond donors (Lipinski definition) is 1. The fourth-order valence-electron chi connectivity index (χ4n) is 0.950. The largest absolute Gasteiger partial charge is 0.396 e. The Morgan fingerprint density at radius 3 is 2.92 bits per heavy atom. The molecule has 0 saturated carbocycles.